The summed E-state index contributed by atoms with van der Waals surface area (Å²) in [7, 11) is 0. The molecule has 3 heteroatoms. The standard InChI is InChI=1S/C18H18O3/c1-13(19)14(2)21-18(20)17(15-9-5-3-6-10-15)16-11-7-4-8-12-16/h3-12,14,17H,1-2H3. The summed E-state index contributed by atoms with van der Waals surface area (Å²) >= 11 is 0. The van der Waals surface area contributed by atoms with Crippen molar-refractivity contribution in [1.29, 1.82) is 0 Å². The molecule has 3 nitrogen and oxygen atoms in total. The van der Waals surface area contributed by atoms with Gasteiger partial charge in [0.15, 0.2) is 11.9 Å². The molecule has 0 saturated carbocycles. The second-order valence-corrected chi connectivity index (χ2v) is 4.94. The van der Waals surface area contributed by atoms with Gasteiger partial charge in [-0.3, -0.25) is 9.59 Å². The molecule has 1 atom stereocenters. The van der Waals surface area contributed by atoms with Crippen molar-refractivity contribution in [2.75, 3.05) is 0 Å². The molecule has 2 aromatic carbocycles. The number of ketones is 1. The predicted octanol–water partition coefficient (Wildman–Crippen LogP) is 3.34. The number of benzene rings is 2. The van der Waals surface area contributed by atoms with Crippen LogP contribution in [0, 0.1) is 0 Å². The lowest BCUT2D eigenvalue weighted by Gasteiger charge is -2.19. The number of carbonyl (C=O) groups is 2. The topological polar surface area (TPSA) is 43.4 Å². The number of rotatable bonds is 5. The zero-order chi connectivity index (χ0) is 15.2. The fourth-order valence-electron chi connectivity index (χ4n) is 2.08. The van der Waals surface area contributed by atoms with Gasteiger partial charge in [0.05, 0.1) is 0 Å². The van der Waals surface area contributed by atoms with Gasteiger partial charge in [-0.2, -0.15) is 0 Å². The van der Waals surface area contributed by atoms with Crippen molar-refractivity contribution in [3.63, 3.8) is 0 Å². The Morgan fingerprint density at radius 1 is 0.857 bits per heavy atom. The minimum atomic E-state index is -0.729. The van der Waals surface area contributed by atoms with Crippen LogP contribution in [0.25, 0.3) is 0 Å². The molecule has 0 heterocycles. The van der Waals surface area contributed by atoms with E-state index in [4.69, 9.17) is 4.74 Å². The number of ether oxygens (including phenoxy) is 1. The minimum absolute atomic E-state index is 0.164. The van der Waals surface area contributed by atoms with Gasteiger partial charge in [-0.1, -0.05) is 60.7 Å². The molecule has 2 rings (SSSR count). The summed E-state index contributed by atoms with van der Waals surface area (Å²) in [5, 5.41) is 0. The van der Waals surface area contributed by atoms with Gasteiger partial charge in [-0.25, -0.2) is 0 Å². The number of Topliss-reactive ketones (excluding diaryl/α,β-unsaturated/α-hetero) is 1. The molecular weight excluding hydrogens is 264 g/mol. The number of esters is 1. The maximum atomic E-state index is 12.5. The number of hydrogen-bond acceptors (Lipinski definition) is 3. The van der Waals surface area contributed by atoms with Crippen LogP contribution in [0.1, 0.15) is 30.9 Å². The summed E-state index contributed by atoms with van der Waals surface area (Å²) in [4.78, 5) is 23.8. The molecule has 0 aromatic heterocycles. The third-order valence-corrected chi connectivity index (χ3v) is 3.37. The van der Waals surface area contributed by atoms with Crippen LogP contribution in [0.4, 0.5) is 0 Å². The smallest absolute Gasteiger partial charge is 0.318 e. The van der Waals surface area contributed by atoms with Crippen LogP contribution in [-0.2, 0) is 14.3 Å². The average molecular weight is 282 g/mol. The molecular formula is C18H18O3. The molecule has 0 aliphatic heterocycles. The molecule has 21 heavy (non-hydrogen) atoms. The third kappa shape index (κ3) is 3.78. The van der Waals surface area contributed by atoms with Crippen molar-refractivity contribution < 1.29 is 14.3 Å². The first-order valence-corrected chi connectivity index (χ1v) is 6.90. The van der Waals surface area contributed by atoms with Gasteiger partial charge < -0.3 is 4.74 Å². The molecule has 0 fully saturated rings. The highest BCUT2D eigenvalue weighted by Gasteiger charge is 2.26. The van der Waals surface area contributed by atoms with Gasteiger partial charge in [-0.15, -0.1) is 0 Å². The second kappa shape index (κ2) is 6.84. The van der Waals surface area contributed by atoms with E-state index < -0.39 is 18.0 Å². The summed E-state index contributed by atoms with van der Waals surface area (Å²) < 4.78 is 5.29. The van der Waals surface area contributed by atoms with E-state index in [0.29, 0.717) is 0 Å². The van der Waals surface area contributed by atoms with Crippen molar-refractivity contribution >= 4 is 11.8 Å². The first kappa shape index (κ1) is 15.0. The van der Waals surface area contributed by atoms with Crippen LogP contribution in [0.5, 0.6) is 0 Å². The van der Waals surface area contributed by atoms with E-state index >= 15 is 0 Å². The van der Waals surface area contributed by atoms with E-state index in [2.05, 4.69) is 0 Å². The molecule has 1 unspecified atom stereocenters. The Kier molecular flexibility index (Phi) is 4.88. The Bertz CT molecular complexity index is 565. The Hall–Kier alpha value is -2.42. The first-order chi connectivity index (χ1) is 10.1. The van der Waals surface area contributed by atoms with Crippen molar-refractivity contribution in [2.45, 2.75) is 25.9 Å². The average Bonchev–Trinajstić information content (AvgIpc) is 2.49. The molecule has 108 valence electrons. The van der Waals surface area contributed by atoms with Crippen molar-refractivity contribution in [3.05, 3.63) is 71.8 Å². The lowest BCUT2D eigenvalue weighted by molar-refractivity contribution is -0.154. The van der Waals surface area contributed by atoms with Gasteiger partial charge >= 0.3 is 5.97 Å². The first-order valence-electron chi connectivity index (χ1n) is 6.90. The van der Waals surface area contributed by atoms with E-state index in [1.54, 1.807) is 6.92 Å². The van der Waals surface area contributed by atoms with E-state index in [9.17, 15) is 9.59 Å². The van der Waals surface area contributed by atoms with Gasteiger partial charge in [-0.05, 0) is 25.0 Å². The van der Waals surface area contributed by atoms with Crippen LogP contribution in [-0.4, -0.2) is 17.9 Å². The summed E-state index contributed by atoms with van der Waals surface area (Å²) in [5.74, 6) is -1.09. The zero-order valence-electron chi connectivity index (χ0n) is 12.2. The number of carbonyl (C=O) groups excluding carboxylic acids is 2. The lowest BCUT2D eigenvalue weighted by Crippen LogP contribution is -2.26. The molecule has 0 bridgehead atoms. The molecule has 0 N–H and O–H groups in total. The fraction of sp³-hybridized carbons (Fsp3) is 0.222. The molecule has 0 spiro atoms. The van der Waals surface area contributed by atoms with Crippen molar-refractivity contribution in [2.24, 2.45) is 0 Å². The monoisotopic (exact) mass is 282 g/mol. The molecule has 2 aromatic rings. The maximum absolute atomic E-state index is 12.5. The van der Waals surface area contributed by atoms with Gasteiger partial charge in [0.1, 0.15) is 5.92 Å². The van der Waals surface area contributed by atoms with Crippen LogP contribution >= 0.6 is 0 Å². The highest BCUT2D eigenvalue weighted by atomic mass is 16.5. The van der Waals surface area contributed by atoms with Gasteiger partial charge in [0.25, 0.3) is 0 Å². The molecule has 0 aliphatic carbocycles. The normalized spacial score (nSPS) is 12.0. The zero-order valence-corrected chi connectivity index (χ0v) is 12.2. The van der Waals surface area contributed by atoms with Crippen molar-refractivity contribution in [3.8, 4) is 0 Å². The Morgan fingerprint density at radius 3 is 1.67 bits per heavy atom. The quantitative estimate of drug-likeness (QED) is 0.790. The minimum Gasteiger partial charge on any atom is -0.454 e. The highest BCUT2D eigenvalue weighted by molar-refractivity contribution is 5.87. The summed E-state index contributed by atoms with van der Waals surface area (Å²) in [6.07, 6.45) is -0.729. The van der Waals surface area contributed by atoms with Crippen molar-refractivity contribution in [1.82, 2.24) is 0 Å². The largest absolute Gasteiger partial charge is 0.454 e. The van der Waals surface area contributed by atoms with Crippen LogP contribution in [0.15, 0.2) is 60.7 Å². The Morgan fingerprint density at radius 2 is 1.29 bits per heavy atom. The Balaban J connectivity index is 2.33. The van der Waals surface area contributed by atoms with Crippen LogP contribution in [0.2, 0.25) is 0 Å². The number of hydrogen-bond donors (Lipinski definition) is 0. The van der Waals surface area contributed by atoms with Gasteiger partial charge in [0.2, 0.25) is 0 Å². The van der Waals surface area contributed by atoms with Crippen LogP contribution < -0.4 is 0 Å². The van der Waals surface area contributed by atoms with E-state index in [0.717, 1.165) is 11.1 Å². The molecule has 0 aliphatic rings. The van der Waals surface area contributed by atoms with Crippen LogP contribution in [0.3, 0.4) is 0 Å². The molecule has 0 amide bonds. The van der Waals surface area contributed by atoms with E-state index in [-0.39, 0.29) is 5.78 Å². The SMILES string of the molecule is CC(=O)C(C)OC(=O)C(c1ccccc1)c1ccccc1. The highest BCUT2D eigenvalue weighted by Crippen LogP contribution is 2.26. The summed E-state index contributed by atoms with van der Waals surface area (Å²) in [5.41, 5.74) is 1.70. The maximum Gasteiger partial charge on any atom is 0.318 e. The molecule has 0 saturated heterocycles. The van der Waals surface area contributed by atoms with E-state index in [1.807, 2.05) is 60.7 Å². The molecule has 0 radical (unpaired) electrons. The summed E-state index contributed by atoms with van der Waals surface area (Å²) in [6, 6.07) is 18.9. The second-order valence-electron chi connectivity index (χ2n) is 4.94. The Labute approximate surface area is 124 Å². The van der Waals surface area contributed by atoms with E-state index in [1.165, 1.54) is 6.92 Å². The predicted molar refractivity (Wildman–Crippen MR) is 81.0 cm³/mol. The summed E-state index contributed by atoms with van der Waals surface area (Å²) in [6.45, 7) is 3.01. The lowest BCUT2D eigenvalue weighted by atomic mass is 9.91. The third-order valence-electron chi connectivity index (χ3n) is 3.37. The fourth-order valence-corrected chi connectivity index (χ4v) is 2.08. The van der Waals surface area contributed by atoms with Gasteiger partial charge in [0, 0.05) is 0 Å².